The Kier molecular flexibility index (Phi) is 3.26. The molecule has 98 valence electrons. The summed E-state index contributed by atoms with van der Waals surface area (Å²) < 4.78 is 5.91. The van der Waals surface area contributed by atoms with Crippen molar-refractivity contribution in [2.45, 2.75) is 25.5 Å². The highest BCUT2D eigenvalue weighted by Gasteiger charge is 2.24. The van der Waals surface area contributed by atoms with E-state index in [1.807, 2.05) is 13.1 Å². The van der Waals surface area contributed by atoms with Crippen molar-refractivity contribution in [2.75, 3.05) is 7.05 Å². The van der Waals surface area contributed by atoms with E-state index in [-0.39, 0.29) is 6.10 Å². The third-order valence-corrected chi connectivity index (χ3v) is 3.74. The van der Waals surface area contributed by atoms with Crippen LogP contribution in [0.1, 0.15) is 24.9 Å². The zero-order chi connectivity index (χ0) is 13.2. The van der Waals surface area contributed by atoms with Crippen LogP contribution in [0.15, 0.2) is 48.5 Å². The van der Waals surface area contributed by atoms with Crippen LogP contribution >= 0.6 is 0 Å². The van der Waals surface area contributed by atoms with Crippen LogP contribution in [0.3, 0.4) is 0 Å². The Morgan fingerprint density at radius 1 is 1.05 bits per heavy atom. The van der Waals surface area contributed by atoms with E-state index in [1.54, 1.807) is 0 Å². The van der Waals surface area contributed by atoms with Crippen molar-refractivity contribution >= 4 is 0 Å². The number of nitrogens with one attached hydrogen (secondary N) is 1. The average Bonchev–Trinajstić information content (AvgIpc) is 2.46. The molecular weight excluding hydrogens is 234 g/mol. The highest BCUT2D eigenvalue weighted by atomic mass is 16.5. The molecule has 0 spiro atoms. The zero-order valence-corrected chi connectivity index (χ0v) is 11.4. The summed E-state index contributed by atoms with van der Waals surface area (Å²) in [7, 11) is 2.02. The molecule has 1 N–H and O–H groups in total. The maximum atomic E-state index is 5.91. The molecule has 1 heterocycles. The Labute approximate surface area is 114 Å². The Hall–Kier alpha value is -1.80. The fraction of sp³-hybridized carbons (Fsp3) is 0.294. The number of ether oxygens (including phenoxy) is 1. The maximum Gasteiger partial charge on any atom is 0.124 e. The van der Waals surface area contributed by atoms with Gasteiger partial charge in [-0.1, -0.05) is 36.4 Å². The van der Waals surface area contributed by atoms with Crippen molar-refractivity contribution in [3.8, 4) is 16.9 Å². The Morgan fingerprint density at radius 3 is 2.58 bits per heavy atom. The number of hydrogen-bond donors (Lipinski definition) is 1. The van der Waals surface area contributed by atoms with E-state index in [0.29, 0.717) is 6.04 Å². The normalized spacial score (nSPS) is 21.6. The minimum atomic E-state index is 0.271. The van der Waals surface area contributed by atoms with E-state index >= 15 is 0 Å². The summed E-state index contributed by atoms with van der Waals surface area (Å²) in [5, 5.41) is 3.39. The molecule has 2 atom stereocenters. The molecule has 0 bridgehead atoms. The fourth-order valence-electron chi connectivity index (χ4n) is 2.74. The molecular formula is C17H19NO. The average molecular weight is 253 g/mol. The number of rotatable bonds is 2. The van der Waals surface area contributed by atoms with Gasteiger partial charge in [0.1, 0.15) is 5.75 Å². The summed E-state index contributed by atoms with van der Waals surface area (Å²) >= 11 is 0. The summed E-state index contributed by atoms with van der Waals surface area (Å²) in [6, 6.07) is 17.3. The first-order valence-electron chi connectivity index (χ1n) is 6.81. The highest BCUT2D eigenvalue weighted by Crippen LogP contribution is 2.37. The van der Waals surface area contributed by atoms with E-state index < -0.39 is 0 Å². The van der Waals surface area contributed by atoms with Gasteiger partial charge in [-0.2, -0.15) is 0 Å². The van der Waals surface area contributed by atoms with Gasteiger partial charge in [-0.05, 0) is 37.2 Å². The van der Waals surface area contributed by atoms with Crippen LogP contribution in [0.4, 0.5) is 0 Å². The number of fused-ring (bicyclic) bond motifs is 1. The summed E-state index contributed by atoms with van der Waals surface area (Å²) in [5.74, 6) is 1.01. The van der Waals surface area contributed by atoms with Crippen LogP contribution in [0.25, 0.3) is 11.1 Å². The van der Waals surface area contributed by atoms with Gasteiger partial charge in [0.2, 0.25) is 0 Å². The van der Waals surface area contributed by atoms with Crippen molar-refractivity contribution < 1.29 is 4.74 Å². The summed E-state index contributed by atoms with van der Waals surface area (Å²) in [6.45, 7) is 2.12. The van der Waals surface area contributed by atoms with Crippen molar-refractivity contribution in [1.82, 2.24) is 5.32 Å². The highest BCUT2D eigenvalue weighted by molar-refractivity contribution is 5.66. The molecule has 19 heavy (non-hydrogen) atoms. The molecule has 0 fully saturated rings. The second-order valence-corrected chi connectivity index (χ2v) is 5.12. The lowest BCUT2D eigenvalue weighted by Crippen LogP contribution is -2.29. The zero-order valence-electron chi connectivity index (χ0n) is 11.4. The van der Waals surface area contributed by atoms with Crippen molar-refractivity contribution in [1.29, 1.82) is 0 Å². The van der Waals surface area contributed by atoms with E-state index in [2.05, 4.69) is 54.7 Å². The van der Waals surface area contributed by atoms with Gasteiger partial charge in [0.25, 0.3) is 0 Å². The van der Waals surface area contributed by atoms with Crippen molar-refractivity contribution in [3.05, 3.63) is 54.1 Å². The third kappa shape index (κ3) is 2.36. The van der Waals surface area contributed by atoms with Gasteiger partial charge in [0, 0.05) is 18.0 Å². The minimum absolute atomic E-state index is 0.271. The topological polar surface area (TPSA) is 21.3 Å². The standard InChI is InChI=1S/C17H19NO/c1-12-10-16(18-2)15-11-14(8-9-17(15)19-12)13-6-4-3-5-7-13/h3-9,11-12,16,18H,10H2,1-2H3. The first kappa shape index (κ1) is 12.2. The van der Waals surface area contributed by atoms with Crippen molar-refractivity contribution in [2.24, 2.45) is 0 Å². The molecule has 2 heteroatoms. The Morgan fingerprint density at radius 2 is 1.84 bits per heavy atom. The molecule has 0 saturated carbocycles. The fourth-order valence-corrected chi connectivity index (χ4v) is 2.74. The second kappa shape index (κ2) is 5.06. The molecule has 1 aliphatic heterocycles. The number of hydrogen-bond acceptors (Lipinski definition) is 2. The summed E-state index contributed by atoms with van der Waals surface area (Å²) in [6.07, 6.45) is 1.29. The molecule has 0 saturated heterocycles. The van der Waals surface area contributed by atoms with E-state index in [1.165, 1.54) is 16.7 Å². The summed E-state index contributed by atoms with van der Waals surface area (Å²) in [5.41, 5.74) is 3.76. The van der Waals surface area contributed by atoms with Gasteiger partial charge < -0.3 is 10.1 Å². The molecule has 2 nitrogen and oxygen atoms in total. The largest absolute Gasteiger partial charge is 0.490 e. The van der Waals surface area contributed by atoms with Crippen LogP contribution in [-0.4, -0.2) is 13.2 Å². The third-order valence-electron chi connectivity index (χ3n) is 3.74. The van der Waals surface area contributed by atoms with E-state index in [4.69, 9.17) is 4.74 Å². The molecule has 0 radical (unpaired) electrons. The van der Waals surface area contributed by atoms with Gasteiger partial charge >= 0.3 is 0 Å². The predicted molar refractivity (Wildman–Crippen MR) is 78.4 cm³/mol. The Balaban J connectivity index is 2.03. The SMILES string of the molecule is CNC1CC(C)Oc2ccc(-c3ccccc3)cc21. The second-order valence-electron chi connectivity index (χ2n) is 5.12. The van der Waals surface area contributed by atoms with Crippen LogP contribution in [0.2, 0.25) is 0 Å². The minimum Gasteiger partial charge on any atom is -0.490 e. The Bertz CT molecular complexity index is 565. The lowest BCUT2D eigenvalue weighted by Gasteiger charge is -2.30. The van der Waals surface area contributed by atoms with Gasteiger partial charge in [-0.15, -0.1) is 0 Å². The van der Waals surface area contributed by atoms with Gasteiger partial charge in [0.15, 0.2) is 0 Å². The summed E-state index contributed by atoms with van der Waals surface area (Å²) in [4.78, 5) is 0. The molecule has 0 aliphatic carbocycles. The van der Waals surface area contributed by atoms with Crippen molar-refractivity contribution in [3.63, 3.8) is 0 Å². The number of benzene rings is 2. The van der Waals surface area contributed by atoms with E-state index in [0.717, 1.165) is 12.2 Å². The molecule has 3 rings (SSSR count). The van der Waals surface area contributed by atoms with Crippen LogP contribution < -0.4 is 10.1 Å². The predicted octanol–water partition coefficient (Wildman–Crippen LogP) is 3.79. The molecule has 0 amide bonds. The van der Waals surface area contributed by atoms with Crippen LogP contribution in [0.5, 0.6) is 5.75 Å². The molecule has 0 aromatic heterocycles. The molecule has 2 unspecified atom stereocenters. The quantitative estimate of drug-likeness (QED) is 0.879. The van der Waals surface area contributed by atoms with Gasteiger partial charge in [-0.3, -0.25) is 0 Å². The first-order chi connectivity index (χ1) is 9.28. The maximum absolute atomic E-state index is 5.91. The van der Waals surface area contributed by atoms with Crippen LogP contribution in [0, 0.1) is 0 Å². The lowest BCUT2D eigenvalue weighted by molar-refractivity contribution is 0.169. The van der Waals surface area contributed by atoms with Gasteiger partial charge in [0.05, 0.1) is 6.10 Å². The smallest absolute Gasteiger partial charge is 0.124 e. The van der Waals surface area contributed by atoms with Gasteiger partial charge in [-0.25, -0.2) is 0 Å². The molecule has 2 aromatic rings. The van der Waals surface area contributed by atoms with Crippen LogP contribution in [-0.2, 0) is 0 Å². The molecule has 2 aromatic carbocycles. The molecule has 1 aliphatic rings. The first-order valence-corrected chi connectivity index (χ1v) is 6.81. The monoisotopic (exact) mass is 253 g/mol. The van der Waals surface area contributed by atoms with E-state index in [9.17, 15) is 0 Å². The lowest BCUT2D eigenvalue weighted by atomic mass is 9.93.